The quantitative estimate of drug-likeness (QED) is 0.474. The van der Waals surface area contributed by atoms with E-state index in [-0.39, 0.29) is 22.6 Å². The Morgan fingerprint density at radius 2 is 1.76 bits per heavy atom. The topological polar surface area (TPSA) is 38.9 Å². The summed E-state index contributed by atoms with van der Waals surface area (Å²) in [6.45, 7) is 0. The van der Waals surface area contributed by atoms with Crippen LogP contribution in [0.2, 0.25) is 10.0 Å². The number of hydrogen-bond donors (Lipinski definition) is 0. The first kappa shape index (κ1) is 18.1. The number of rotatable bonds is 4. The minimum Gasteiger partial charge on any atom is -0.420 e. The summed E-state index contributed by atoms with van der Waals surface area (Å²) < 4.78 is 44.1. The Balaban J connectivity index is 1.74. The van der Waals surface area contributed by atoms with Crippen molar-refractivity contribution in [3.05, 3.63) is 64.0 Å². The van der Waals surface area contributed by atoms with E-state index in [0.717, 1.165) is 17.8 Å². The minimum absolute atomic E-state index is 0.219. The number of benzene rings is 2. The fourth-order valence-corrected chi connectivity index (χ4v) is 3.23. The van der Waals surface area contributed by atoms with Crippen molar-refractivity contribution in [2.75, 3.05) is 0 Å². The third-order valence-corrected chi connectivity index (χ3v) is 4.81. The molecule has 0 radical (unpaired) electrons. The van der Waals surface area contributed by atoms with Gasteiger partial charge in [-0.05, 0) is 30.3 Å². The maximum absolute atomic E-state index is 12.9. The molecule has 1 aromatic heterocycles. The average Bonchev–Trinajstić information content (AvgIpc) is 3.02. The molecule has 0 aliphatic rings. The van der Waals surface area contributed by atoms with Crippen LogP contribution in [0, 0.1) is 0 Å². The van der Waals surface area contributed by atoms with Crippen molar-refractivity contribution in [2.45, 2.75) is 16.8 Å². The lowest BCUT2D eigenvalue weighted by molar-refractivity contribution is -0.137. The highest BCUT2D eigenvalue weighted by molar-refractivity contribution is 7.98. The summed E-state index contributed by atoms with van der Waals surface area (Å²) in [5.41, 5.74) is -0.278. The van der Waals surface area contributed by atoms with Gasteiger partial charge < -0.3 is 4.42 Å². The van der Waals surface area contributed by atoms with Gasteiger partial charge in [-0.15, -0.1) is 22.0 Å². The monoisotopic (exact) mass is 404 g/mol. The van der Waals surface area contributed by atoms with E-state index in [1.165, 1.54) is 12.1 Å². The van der Waals surface area contributed by atoms with Crippen LogP contribution in [-0.4, -0.2) is 10.2 Å². The highest BCUT2D eigenvalue weighted by Gasteiger charge is 2.33. The fraction of sp³-hybridized carbons (Fsp3) is 0.125. The SMILES string of the molecule is FC(F)(F)c1cc(SCc2nnc(-c3ccccc3Cl)o2)ccc1Cl. The summed E-state index contributed by atoms with van der Waals surface area (Å²) in [6, 6.07) is 10.7. The summed E-state index contributed by atoms with van der Waals surface area (Å²) in [4.78, 5) is 0.397. The van der Waals surface area contributed by atoms with E-state index in [1.54, 1.807) is 24.3 Å². The van der Waals surface area contributed by atoms with E-state index in [0.29, 0.717) is 15.5 Å². The molecule has 9 heteroatoms. The summed E-state index contributed by atoms with van der Waals surface area (Å²) in [7, 11) is 0. The normalized spacial score (nSPS) is 11.7. The largest absolute Gasteiger partial charge is 0.420 e. The van der Waals surface area contributed by atoms with Crippen LogP contribution < -0.4 is 0 Å². The first-order chi connectivity index (χ1) is 11.8. The standard InChI is InChI=1S/C16H9Cl2F3N2OS/c17-12-4-2-1-3-10(12)15-23-22-14(24-15)8-25-9-5-6-13(18)11(7-9)16(19,20)21/h1-7H,8H2. The molecule has 0 atom stereocenters. The molecule has 0 fully saturated rings. The number of alkyl halides is 3. The van der Waals surface area contributed by atoms with Crippen LogP contribution in [0.5, 0.6) is 0 Å². The van der Waals surface area contributed by atoms with Gasteiger partial charge >= 0.3 is 6.18 Å². The Morgan fingerprint density at radius 1 is 1.00 bits per heavy atom. The third kappa shape index (κ3) is 4.29. The first-order valence-corrected chi connectivity index (χ1v) is 8.65. The Morgan fingerprint density at radius 3 is 2.48 bits per heavy atom. The second-order valence-corrected chi connectivity index (χ2v) is 6.77. The molecule has 0 saturated carbocycles. The molecule has 0 aliphatic carbocycles. The van der Waals surface area contributed by atoms with Crippen molar-refractivity contribution >= 4 is 35.0 Å². The summed E-state index contributed by atoms with van der Waals surface area (Å²) in [5.74, 6) is 0.757. The Hall–Kier alpha value is -1.70. The predicted molar refractivity (Wildman–Crippen MR) is 90.8 cm³/mol. The third-order valence-electron chi connectivity index (χ3n) is 3.18. The second kappa shape index (κ2) is 7.27. The van der Waals surface area contributed by atoms with Gasteiger partial charge in [-0.3, -0.25) is 0 Å². The van der Waals surface area contributed by atoms with Gasteiger partial charge in [0.25, 0.3) is 0 Å². The lowest BCUT2D eigenvalue weighted by Crippen LogP contribution is -2.05. The number of hydrogen-bond acceptors (Lipinski definition) is 4. The second-order valence-electron chi connectivity index (χ2n) is 4.91. The lowest BCUT2D eigenvalue weighted by atomic mass is 10.2. The van der Waals surface area contributed by atoms with Gasteiger partial charge in [-0.1, -0.05) is 35.3 Å². The lowest BCUT2D eigenvalue weighted by Gasteiger charge is -2.10. The van der Waals surface area contributed by atoms with Crippen LogP contribution in [0.3, 0.4) is 0 Å². The number of halogens is 5. The van der Waals surface area contributed by atoms with Crippen LogP contribution in [0.15, 0.2) is 51.8 Å². The zero-order valence-corrected chi connectivity index (χ0v) is 14.7. The zero-order chi connectivity index (χ0) is 18.0. The van der Waals surface area contributed by atoms with Crippen molar-refractivity contribution < 1.29 is 17.6 Å². The molecular weight excluding hydrogens is 396 g/mol. The highest BCUT2D eigenvalue weighted by atomic mass is 35.5. The molecule has 0 unspecified atom stereocenters. The van der Waals surface area contributed by atoms with E-state index < -0.39 is 11.7 Å². The van der Waals surface area contributed by atoms with Crippen molar-refractivity contribution in [2.24, 2.45) is 0 Å². The molecule has 3 nitrogen and oxygen atoms in total. The predicted octanol–water partition coefficient (Wildman–Crippen LogP) is 6.35. The van der Waals surface area contributed by atoms with E-state index in [9.17, 15) is 13.2 Å². The molecule has 3 aromatic rings. The molecule has 0 amide bonds. The molecule has 1 heterocycles. The van der Waals surface area contributed by atoms with Gasteiger partial charge in [0.05, 0.1) is 26.9 Å². The molecule has 25 heavy (non-hydrogen) atoms. The fourth-order valence-electron chi connectivity index (χ4n) is 2.01. The molecule has 2 aromatic carbocycles. The van der Waals surface area contributed by atoms with Crippen molar-refractivity contribution in [1.82, 2.24) is 10.2 Å². The van der Waals surface area contributed by atoms with Gasteiger partial charge in [-0.2, -0.15) is 13.2 Å². The van der Waals surface area contributed by atoms with Crippen LogP contribution in [0.25, 0.3) is 11.5 Å². The first-order valence-electron chi connectivity index (χ1n) is 6.91. The summed E-state index contributed by atoms with van der Waals surface area (Å²) in [6.07, 6.45) is -4.50. The van der Waals surface area contributed by atoms with Crippen molar-refractivity contribution in [3.63, 3.8) is 0 Å². The van der Waals surface area contributed by atoms with Crippen LogP contribution in [0.1, 0.15) is 11.5 Å². The zero-order valence-electron chi connectivity index (χ0n) is 12.3. The van der Waals surface area contributed by atoms with Gasteiger partial charge in [0, 0.05) is 4.90 Å². The van der Waals surface area contributed by atoms with Crippen LogP contribution in [0.4, 0.5) is 13.2 Å². The number of nitrogens with zero attached hydrogens (tertiary/aromatic N) is 2. The number of aromatic nitrogens is 2. The van der Waals surface area contributed by atoms with Crippen LogP contribution >= 0.6 is 35.0 Å². The van der Waals surface area contributed by atoms with Crippen molar-refractivity contribution in [1.29, 1.82) is 0 Å². The molecule has 0 N–H and O–H groups in total. The van der Waals surface area contributed by atoms with Gasteiger partial charge in [0.2, 0.25) is 11.8 Å². The van der Waals surface area contributed by atoms with Crippen LogP contribution in [-0.2, 0) is 11.9 Å². The Labute approximate surface area is 155 Å². The summed E-state index contributed by atoms with van der Waals surface area (Å²) in [5, 5.41) is 7.94. The molecule has 0 saturated heterocycles. The van der Waals surface area contributed by atoms with Gasteiger partial charge in [0.1, 0.15) is 0 Å². The Kier molecular flexibility index (Phi) is 5.27. The highest BCUT2D eigenvalue weighted by Crippen LogP contribution is 2.37. The Bertz CT molecular complexity index is 899. The summed E-state index contributed by atoms with van der Waals surface area (Å²) >= 11 is 12.8. The van der Waals surface area contributed by atoms with E-state index in [2.05, 4.69) is 10.2 Å². The van der Waals surface area contributed by atoms with Gasteiger partial charge in [0.15, 0.2) is 0 Å². The maximum atomic E-state index is 12.9. The van der Waals surface area contributed by atoms with E-state index in [4.69, 9.17) is 27.6 Å². The minimum atomic E-state index is -4.50. The molecular formula is C16H9Cl2F3N2OS. The molecule has 0 bridgehead atoms. The smallest absolute Gasteiger partial charge is 0.417 e. The van der Waals surface area contributed by atoms with E-state index >= 15 is 0 Å². The van der Waals surface area contributed by atoms with Gasteiger partial charge in [-0.25, -0.2) is 0 Å². The molecule has 0 spiro atoms. The van der Waals surface area contributed by atoms with E-state index in [1.807, 2.05) is 0 Å². The molecule has 0 aliphatic heterocycles. The molecule has 3 rings (SSSR count). The van der Waals surface area contributed by atoms with Crippen molar-refractivity contribution in [3.8, 4) is 11.5 Å². The molecule has 130 valence electrons. The maximum Gasteiger partial charge on any atom is 0.417 e. The number of thioether (sulfide) groups is 1. The average molecular weight is 405 g/mol.